The highest BCUT2D eigenvalue weighted by atomic mass is 16.7. The van der Waals surface area contributed by atoms with E-state index in [9.17, 15) is 14.4 Å². The number of pyridine rings is 1. The van der Waals surface area contributed by atoms with Crippen molar-refractivity contribution < 1.29 is 29.1 Å². The van der Waals surface area contributed by atoms with E-state index in [0.29, 0.717) is 26.0 Å². The number of carboxylic acids is 1. The Bertz CT molecular complexity index is 884. The third-order valence-electron chi connectivity index (χ3n) is 7.80. The molecule has 2 saturated carbocycles. The van der Waals surface area contributed by atoms with Crippen LogP contribution in [0.3, 0.4) is 0 Å². The first-order valence-electron chi connectivity index (χ1n) is 13.1. The Labute approximate surface area is 212 Å². The average Bonchev–Trinajstić information content (AvgIpc) is 3.20. The number of rotatable bonds is 10. The highest BCUT2D eigenvalue weighted by Crippen LogP contribution is 2.36. The minimum atomic E-state index is -0.692. The molecule has 1 aliphatic heterocycles. The zero-order valence-electron chi connectivity index (χ0n) is 20.9. The van der Waals surface area contributed by atoms with E-state index in [1.165, 1.54) is 0 Å². The molecule has 0 bridgehead atoms. The Morgan fingerprint density at radius 1 is 1.11 bits per heavy atom. The molecule has 1 saturated heterocycles. The Kier molecular flexibility index (Phi) is 9.28. The fourth-order valence-electron chi connectivity index (χ4n) is 5.61. The van der Waals surface area contributed by atoms with Crippen molar-refractivity contribution >= 4 is 17.8 Å². The molecule has 0 spiro atoms. The number of hydroxylamine groups is 1. The number of likely N-dealkylation sites (tertiary alicyclic amines) is 1. The van der Waals surface area contributed by atoms with Gasteiger partial charge in [0, 0.05) is 38.4 Å². The van der Waals surface area contributed by atoms with E-state index in [1.54, 1.807) is 24.3 Å². The second-order valence-electron chi connectivity index (χ2n) is 10.2. The zero-order chi connectivity index (χ0) is 25.5. The summed E-state index contributed by atoms with van der Waals surface area (Å²) in [4.78, 5) is 47.9. The second-order valence-corrected chi connectivity index (χ2v) is 10.2. The fraction of sp³-hybridized carbons (Fsp3) is 0.692. The second kappa shape index (κ2) is 12.6. The van der Waals surface area contributed by atoms with Gasteiger partial charge in [0.05, 0.1) is 36.7 Å². The third-order valence-corrected chi connectivity index (χ3v) is 7.80. The van der Waals surface area contributed by atoms with Crippen molar-refractivity contribution in [3.05, 3.63) is 30.1 Å². The van der Waals surface area contributed by atoms with Gasteiger partial charge in [-0.15, -0.1) is 0 Å². The van der Waals surface area contributed by atoms with Crippen molar-refractivity contribution in [2.24, 2.45) is 11.8 Å². The smallest absolute Gasteiger partial charge is 0.306 e. The summed E-state index contributed by atoms with van der Waals surface area (Å²) in [5.74, 6) is -1.52. The number of nitrogens with zero attached hydrogens (tertiary/aromatic N) is 2. The van der Waals surface area contributed by atoms with Crippen LogP contribution in [0.25, 0.3) is 0 Å². The number of carboxylic acid groups (broad SMARTS) is 1. The summed E-state index contributed by atoms with van der Waals surface area (Å²) in [6, 6.07) is 3.64. The van der Waals surface area contributed by atoms with E-state index in [0.717, 1.165) is 44.1 Å². The summed E-state index contributed by atoms with van der Waals surface area (Å²) in [5, 5.41) is 12.1. The van der Waals surface area contributed by atoms with Crippen LogP contribution < -0.4 is 10.8 Å². The average molecular weight is 503 g/mol. The lowest BCUT2D eigenvalue weighted by Crippen LogP contribution is -2.39. The Morgan fingerprint density at radius 3 is 2.50 bits per heavy atom. The molecule has 2 amide bonds. The molecule has 36 heavy (non-hydrogen) atoms. The quantitative estimate of drug-likeness (QED) is 0.328. The van der Waals surface area contributed by atoms with E-state index < -0.39 is 11.9 Å². The maximum absolute atomic E-state index is 12.8. The summed E-state index contributed by atoms with van der Waals surface area (Å²) in [6.07, 6.45) is 10.5. The number of carbonyl (C=O) groups is 3. The molecular weight excluding hydrogens is 464 g/mol. The number of aliphatic carboxylic acids is 1. The Hall–Kier alpha value is -2.56. The van der Waals surface area contributed by atoms with Gasteiger partial charge in [0.15, 0.2) is 0 Å². The lowest BCUT2D eigenvalue weighted by atomic mass is 9.86. The standard InChI is InChI=1S/C26H38N4O6/c1-30-23(31)15-22(24(30)18-3-2-12-27-16-18)25(32)28-13-14-35-20-8-10-21(11-9-20)36-29-19-6-4-17(5-7-19)26(33)34/h2-3,12,16-17,19-22,24,29H,4-11,13-15H2,1H3,(H,28,32)(H,33,34)/t17?,19?,20?,21?,22-,24+/m0/s1. The van der Waals surface area contributed by atoms with Gasteiger partial charge in [-0.05, 0) is 63.0 Å². The van der Waals surface area contributed by atoms with Crippen molar-refractivity contribution in [3.63, 3.8) is 0 Å². The SMILES string of the molecule is CN1C(=O)C[C@H](C(=O)NCCOC2CCC(ONC3CCC(C(=O)O)CC3)CC2)[C@H]1c1cccnc1. The lowest BCUT2D eigenvalue weighted by Gasteiger charge is -2.31. The van der Waals surface area contributed by atoms with Gasteiger partial charge < -0.3 is 20.1 Å². The highest BCUT2D eigenvalue weighted by Gasteiger charge is 2.42. The summed E-state index contributed by atoms with van der Waals surface area (Å²) in [6.45, 7) is 0.838. The highest BCUT2D eigenvalue weighted by molar-refractivity contribution is 5.90. The maximum Gasteiger partial charge on any atom is 0.306 e. The van der Waals surface area contributed by atoms with Crippen molar-refractivity contribution in [3.8, 4) is 0 Å². The number of nitrogens with one attached hydrogen (secondary N) is 2. The summed E-state index contributed by atoms with van der Waals surface area (Å²) < 4.78 is 5.99. The van der Waals surface area contributed by atoms with Gasteiger partial charge in [0.2, 0.25) is 11.8 Å². The van der Waals surface area contributed by atoms with Crippen molar-refractivity contribution in [2.45, 2.75) is 82.1 Å². The fourth-order valence-corrected chi connectivity index (χ4v) is 5.61. The minimum Gasteiger partial charge on any atom is -0.481 e. The number of amides is 2. The molecule has 198 valence electrons. The molecule has 0 radical (unpaired) electrons. The number of carbonyl (C=O) groups excluding carboxylic acids is 2. The van der Waals surface area contributed by atoms with Crippen LogP contribution in [0, 0.1) is 11.8 Å². The van der Waals surface area contributed by atoms with Crippen LogP contribution in [0.2, 0.25) is 0 Å². The maximum atomic E-state index is 12.8. The van der Waals surface area contributed by atoms with Crippen LogP contribution in [0.15, 0.2) is 24.5 Å². The molecule has 2 atom stereocenters. The zero-order valence-corrected chi connectivity index (χ0v) is 20.9. The van der Waals surface area contributed by atoms with Crippen LogP contribution >= 0.6 is 0 Å². The van der Waals surface area contributed by atoms with Gasteiger partial charge >= 0.3 is 5.97 Å². The molecule has 1 aromatic rings. The van der Waals surface area contributed by atoms with E-state index in [4.69, 9.17) is 14.7 Å². The summed E-state index contributed by atoms with van der Waals surface area (Å²) in [7, 11) is 1.73. The van der Waals surface area contributed by atoms with Crippen LogP contribution in [-0.2, 0) is 24.0 Å². The van der Waals surface area contributed by atoms with Crippen molar-refractivity contribution in [1.82, 2.24) is 20.7 Å². The molecule has 2 aliphatic carbocycles. The molecule has 3 N–H and O–H groups in total. The van der Waals surface area contributed by atoms with Crippen LogP contribution in [0.1, 0.15) is 69.4 Å². The first-order chi connectivity index (χ1) is 17.4. The topological polar surface area (TPSA) is 130 Å². The number of aromatic nitrogens is 1. The Morgan fingerprint density at radius 2 is 1.83 bits per heavy atom. The van der Waals surface area contributed by atoms with E-state index >= 15 is 0 Å². The molecule has 0 unspecified atom stereocenters. The molecule has 10 nitrogen and oxygen atoms in total. The van der Waals surface area contributed by atoms with Gasteiger partial charge in [-0.25, -0.2) is 0 Å². The largest absolute Gasteiger partial charge is 0.481 e. The molecule has 2 heterocycles. The number of hydrogen-bond donors (Lipinski definition) is 3. The number of hydrogen-bond acceptors (Lipinski definition) is 7. The monoisotopic (exact) mass is 502 g/mol. The molecular formula is C26H38N4O6. The molecule has 10 heteroatoms. The van der Waals surface area contributed by atoms with E-state index in [1.807, 2.05) is 12.1 Å². The predicted molar refractivity (Wildman–Crippen MR) is 130 cm³/mol. The van der Waals surface area contributed by atoms with Gasteiger partial charge in [-0.2, -0.15) is 5.48 Å². The van der Waals surface area contributed by atoms with Crippen LogP contribution in [0.5, 0.6) is 0 Å². The molecule has 0 aromatic carbocycles. The normalized spacial score (nSPS) is 30.8. The molecule has 3 aliphatic rings. The molecule has 1 aromatic heterocycles. The van der Waals surface area contributed by atoms with E-state index in [-0.39, 0.29) is 48.4 Å². The van der Waals surface area contributed by atoms with Gasteiger partial charge in [0.25, 0.3) is 0 Å². The van der Waals surface area contributed by atoms with E-state index in [2.05, 4.69) is 15.8 Å². The van der Waals surface area contributed by atoms with Gasteiger partial charge in [-0.3, -0.25) is 24.2 Å². The predicted octanol–water partition coefficient (Wildman–Crippen LogP) is 2.21. The summed E-state index contributed by atoms with van der Waals surface area (Å²) in [5.41, 5.74) is 4.03. The van der Waals surface area contributed by atoms with Crippen molar-refractivity contribution in [1.29, 1.82) is 0 Å². The Balaban J connectivity index is 1.10. The first-order valence-corrected chi connectivity index (χ1v) is 13.1. The molecule has 3 fully saturated rings. The first kappa shape index (κ1) is 26.5. The third kappa shape index (κ3) is 6.80. The molecule has 4 rings (SSSR count). The van der Waals surface area contributed by atoms with Crippen LogP contribution in [0.4, 0.5) is 0 Å². The lowest BCUT2D eigenvalue weighted by molar-refractivity contribution is -0.143. The van der Waals surface area contributed by atoms with Crippen LogP contribution in [-0.4, -0.2) is 71.2 Å². The summed E-state index contributed by atoms with van der Waals surface area (Å²) >= 11 is 0. The van der Waals surface area contributed by atoms with Gasteiger partial charge in [-0.1, -0.05) is 6.07 Å². The van der Waals surface area contributed by atoms with Gasteiger partial charge in [0.1, 0.15) is 0 Å². The minimum absolute atomic E-state index is 0.0401. The van der Waals surface area contributed by atoms with Crippen molar-refractivity contribution in [2.75, 3.05) is 20.2 Å². The number of ether oxygens (including phenoxy) is 1.